The second kappa shape index (κ2) is 7.21. The Balaban J connectivity index is 1.61. The molecule has 2 atom stereocenters. The third-order valence-corrected chi connectivity index (χ3v) is 6.30. The number of hydrazone groups is 1. The smallest absolute Gasteiger partial charge is 0.213 e. The lowest BCUT2D eigenvalue weighted by atomic mass is 9.96. The zero-order valence-corrected chi connectivity index (χ0v) is 18.6. The summed E-state index contributed by atoms with van der Waals surface area (Å²) in [7, 11) is 0. The van der Waals surface area contributed by atoms with Crippen molar-refractivity contribution in [3.63, 3.8) is 0 Å². The maximum absolute atomic E-state index is 6.40. The molecule has 0 N–H and O–H groups in total. The Kier molecular flexibility index (Phi) is 4.69. The van der Waals surface area contributed by atoms with E-state index < -0.39 is 0 Å². The highest BCUT2D eigenvalue weighted by atomic mass is 79.9. The Morgan fingerprint density at radius 2 is 1.75 bits per heavy atom. The van der Waals surface area contributed by atoms with Crippen molar-refractivity contribution < 1.29 is 4.74 Å². The molecule has 5 rings (SSSR count). The Morgan fingerprint density at radius 1 is 0.964 bits per heavy atom. The van der Waals surface area contributed by atoms with Gasteiger partial charge >= 0.3 is 0 Å². The predicted molar refractivity (Wildman–Crippen MR) is 119 cm³/mol. The van der Waals surface area contributed by atoms with Gasteiger partial charge in [0.2, 0.25) is 6.23 Å². The molecule has 0 unspecified atom stereocenters. The lowest BCUT2D eigenvalue weighted by Crippen LogP contribution is -2.33. The molecule has 0 spiro atoms. The highest BCUT2D eigenvalue weighted by Gasteiger charge is 2.41. The summed E-state index contributed by atoms with van der Waals surface area (Å²) in [6.07, 6.45) is 0.542. The van der Waals surface area contributed by atoms with Gasteiger partial charge in [0.15, 0.2) is 0 Å². The van der Waals surface area contributed by atoms with E-state index in [1.54, 1.807) is 0 Å². The first kappa shape index (κ1) is 18.2. The van der Waals surface area contributed by atoms with Crippen LogP contribution in [0.4, 0.5) is 0 Å². The lowest BCUT2D eigenvalue weighted by Gasteiger charge is -2.38. The molecule has 0 radical (unpaired) electrons. The van der Waals surface area contributed by atoms with Crippen LogP contribution < -0.4 is 4.74 Å². The molecule has 0 aliphatic carbocycles. The zero-order chi connectivity index (χ0) is 19.3. The quantitative estimate of drug-likeness (QED) is 0.361. The highest BCUT2D eigenvalue weighted by molar-refractivity contribution is 9.10. The maximum atomic E-state index is 6.40. The largest absolute Gasteiger partial charge is 0.464 e. The Bertz CT molecular complexity index is 1080. The average Bonchev–Trinajstić information content (AvgIpc) is 3.14. The van der Waals surface area contributed by atoms with Gasteiger partial charge in [-0.15, -0.1) is 0 Å². The first-order valence-electron chi connectivity index (χ1n) is 8.92. The minimum atomic E-state index is -0.277. The summed E-state index contributed by atoms with van der Waals surface area (Å²) in [5, 5.41) is 7.79. The average molecular weight is 519 g/mol. The van der Waals surface area contributed by atoms with Crippen LogP contribution in [0.3, 0.4) is 0 Å². The van der Waals surface area contributed by atoms with E-state index in [1.165, 1.54) is 0 Å². The first-order valence-corrected chi connectivity index (χ1v) is 10.9. The van der Waals surface area contributed by atoms with E-state index in [1.807, 2.05) is 48.5 Å². The molecule has 140 valence electrons. The molecule has 3 nitrogen and oxygen atoms in total. The van der Waals surface area contributed by atoms with Crippen LogP contribution in [0.5, 0.6) is 5.75 Å². The number of hydrogen-bond acceptors (Lipinski definition) is 3. The Morgan fingerprint density at radius 3 is 2.54 bits per heavy atom. The van der Waals surface area contributed by atoms with E-state index in [4.69, 9.17) is 21.4 Å². The maximum Gasteiger partial charge on any atom is 0.213 e. The summed E-state index contributed by atoms with van der Waals surface area (Å²) in [6.45, 7) is 0. The molecule has 6 heteroatoms. The van der Waals surface area contributed by atoms with Crippen LogP contribution in [0.2, 0.25) is 5.02 Å². The fraction of sp³-hybridized carbons (Fsp3) is 0.136. The minimum absolute atomic E-state index is 0.121. The van der Waals surface area contributed by atoms with Gasteiger partial charge in [-0.1, -0.05) is 67.7 Å². The van der Waals surface area contributed by atoms with Crippen molar-refractivity contribution in [2.24, 2.45) is 5.10 Å². The van der Waals surface area contributed by atoms with E-state index >= 15 is 0 Å². The van der Waals surface area contributed by atoms with Crippen LogP contribution in [0.15, 0.2) is 80.8 Å². The van der Waals surface area contributed by atoms with E-state index in [9.17, 15) is 0 Å². The van der Waals surface area contributed by atoms with Crippen LogP contribution in [-0.4, -0.2) is 10.7 Å². The molecular weight excluding hydrogens is 504 g/mol. The van der Waals surface area contributed by atoms with Crippen LogP contribution in [0.1, 0.15) is 35.4 Å². The van der Waals surface area contributed by atoms with Gasteiger partial charge in [0.1, 0.15) is 5.75 Å². The first-order chi connectivity index (χ1) is 13.6. The number of benzene rings is 3. The van der Waals surface area contributed by atoms with Crippen molar-refractivity contribution in [3.05, 3.63) is 97.4 Å². The fourth-order valence-electron chi connectivity index (χ4n) is 3.76. The molecule has 0 saturated carbocycles. The van der Waals surface area contributed by atoms with Gasteiger partial charge < -0.3 is 4.74 Å². The summed E-state index contributed by atoms with van der Waals surface area (Å²) in [4.78, 5) is 0. The molecule has 3 aromatic rings. The lowest BCUT2D eigenvalue weighted by molar-refractivity contribution is -0.0191. The molecule has 2 aliphatic rings. The molecular formula is C22H15Br2ClN2O. The van der Waals surface area contributed by atoms with Gasteiger partial charge in [0.05, 0.1) is 11.8 Å². The molecule has 28 heavy (non-hydrogen) atoms. The number of hydrogen-bond donors (Lipinski definition) is 0. The summed E-state index contributed by atoms with van der Waals surface area (Å²) < 4.78 is 8.46. The standard InChI is InChI=1S/C22H15Br2ClN2O/c23-15-3-1-2-14(10-15)22-27-20(18-11-16(24)6-9-21(18)28-22)12-19(26-27)13-4-7-17(25)8-5-13/h1-11,20,22H,12H2/t20-,22+/m0/s1. The van der Waals surface area contributed by atoms with Crippen molar-refractivity contribution in [2.75, 3.05) is 0 Å². The summed E-state index contributed by atoms with van der Waals surface area (Å²) in [6, 6.07) is 22.4. The number of nitrogens with zero attached hydrogens (tertiary/aromatic N) is 2. The van der Waals surface area contributed by atoms with Crippen molar-refractivity contribution in [3.8, 4) is 5.75 Å². The van der Waals surface area contributed by atoms with Gasteiger partial charge in [0, 0.05) is 31.5 Å². The topological polar surface area (TPSA) is 24.8 Å². The van der Waals surface area contributed by atoms with Gasteiger partial charge in [-0.05, 0) is 48.0 Å². The molecule has 0 bridgehead atoms. The molecule has 2 heterocycles. The SMILES string of the molecule is Clc1ccc(C2=NN3[C@@H](c4cccc(Br)c4)Oc4ccc(Br)cc4[C@@H]3C2)cc1. The second-order valence-electron chi connectivity index (χ2n) is 6.86. The third-order valence-electron chi connectivity index (χ3n) is 5.06. The van der Waals surface area contributed by atoms with E-state index in [0.29, 0.717) is 0 Å². The predicted octanol–water partition coefficient (Wildman–Crippen LogP) is 7.11. The number of rotatable bonds is 2. The highest BCUT2D eigenvalue weighted by Crippen LogP contribution is 2.48. The molecule has 0 saturated heterocycles. The number of halogens is 3. The summed E-state index contributed by atoms with van der Waals surface area (Å²) in [5.74, 6) is 0.905. The van der Waals surface area contributed by atoms with E-state index in [-0.39, 0.29) is 12.3 Å². The molecule has 0 aromatic heterocycles. The summed E-state index contributed by atoms with van der Waals surface area (Å²) >= 11 is 13.2. The monoisotopic (exact) mass is 516 g/mol. The Hall–Kier alpha value is -1.82. The second-order valence-corrected chi connectivity index (χ2v) is 9.13. The van der Waals surface area contributed by atoms with Crippen molar-refractivity contribution in [1.82, 2.24) is 5.01 Å². The van der Waals surface area contributed by atoms with Gasteiger partial charge in [-0.2, -0.15) is 5.10 Å². The van der Waals surface area contributed by atoms with E-state index in [0.717, 1.165) is 48.5 Å². The van der Waals surface area contributed by atoms with Gasteiger partial charge in [0.25, 0.3) is 0 Å². The van der Waals surface area contributed by atoms with E-state index in [2.05, 4.69) is 55.1 Å². The van der Waals surface area contributed by atoms with Crippen molar-refractivity contribution in [2.45, 2.75) is 18.7 Å². The number of fused-ring (bicyclic) bond motifs is 3. The summed E-state index contributed by atoms with van der Waals surface area (Å²) in [5.41, 5.74) is 4.34. The normalized spacial score (nSPS) is 20.2. The zero-order valence-electron chi connectivity index (χ0n) is 14.6. The Labute approximate surface area is 185 Å². The minimum Gasteiger partial charge on any atom is -0.464 e. The van der Waals surface area contributed by atoms with Crippen LogP contribution in [-0.2, 0) is 0 Å². The molecule has 0 amide bonds. The molecule has 0 fully saturated rings. The van der Waals surface area contributed by atoms with Crippen molar-refractivity contribution in [1.29, 1.82) is 0 Å². The molecule has 2 aliphatic heterocycles. The van der Waals surface area contributed by atoms with Gasteiger partial charge in [-0.25, -0.2) is 5.01 Å². The fourth-order valence-corrected chi connectivity index (χ4v) is 4.68. The van der Waals surface area contributed by atoms with Crippen molar-refractivity contribution >= 4 is 49.2 Å². The molecule has 3 aromatic carbocycles. The number of ether oxygens (including phenoxy) is 1. The van der Waals surface area contributed by atoms with Gasteiger partial charge in [-0.3, -0.25) is 0 Å². The van der Waals surface area contributed by atoms with Crippen LogP contribution in [0, 0.1) is 0 Å². The third kappa shape index (κ3) is 3.25. The van der Waals surface area contributed by atoms with Crippen LogP contribution in [0.25, 0.3) is 0 Å². The van der Waals surface area contributed by atoms with Crippen LogP contribution >= 0.6 is 43.5 Å².